The molecule has 0 aromatic carbocycles. The SMILES string of the molecule is C=C/C=C\CCC1OC2CCC3(C)OC4C(O)CC5(C)OC(CC/C=C(C)/C(C)=C/COP(=O)(O)OP(=O)(OC)OP(=O)(O)OCC6OC(n7ccc(=O)[nH]c7=O)C(O)C6O)C(C)CC5OC4CC3OC2CCC1(C)O. The number of fused-ring (bicyclic) bond motifs is 4. The number of aromatic nitrogens is 2. The maximum atomic E-state index is 13.1. The topological polar surface area (TPSA) is 329 Å². The van der Waals surface area contributed by atoms with Gasteiger partial charge in [0.2, 0.25) is 0 Å². The number of rotatable bonds is 20. The van der Waals surface area contributed by atoms with Crippen LogP contribution in [0.1, 0.15) is 118 Å². The molecule has 430 valence electrons. The maximum Gasteiger partial charge on any atom is 0.492 e. The lowest BCUT2D eigenvalue weighted by Crippen LogP contribution is -2.59. The van der Waals surface area contributed by atoms with Crippen LogP contribution in [-0.4, -0.2) is 150 Å². The van der Waals surface area contributed by atoms with Crippen LogP contribution < -0.4 is 11.2 Å². The first-order valence-corrected chi connectivity index (χ1v) is 30.2. The van der Waals surface area contributed by atoms with E-state index in [0.717, 1.165) is 28.8 Å². The number of ether oxygens (including phenoxy) is 6. The lowest BCUT2D eigenvalue weighted by molar-refractivity contribution is -0.273. The molecule has 20 atom stereocenters. The van der Waals surface area contributed by atoms with Crippen molar-refractivity contribution in [1.29, 1.82) is 0 Å². The largest absolute Gasteiger partial charge is 0.492 e. The van der Waals surface area contributed by atoms with E-state index in [9.17, 15) is 53.5 Å². The minimum absolute atomic E-state index is 0.0995. The second kappa shape index (κ2) is 24.8. The Hall–Kier alpha value is -2.35. The van der Waals surface area contributed by atoms with E-state index >= 15 is 0 Å². The summed E-state index contributed by atoms with van der Waals surface area (Å²) < 4.78 is 102. The van der Waals surface area contributed by atoms with E-state index in [1.165, 1.54) is 6.08 Å². The average Bonchev–Trinajstić information content (AvgIpc) is 3.40. The molecule has 7 rings (SSSR count). The molecule has 24 nitrogen and oxygen atoms in total. The highest BCUT2D eigenvalue weighted by Crippen LogP contribution is 2.70. The van der Waals surface area contributed by atoms with E-state index < -0.39 is 108 Å². The first kappa shape index (κ1) is 61.3. The quantitative estimate of drug-likeness (QED) is 0.0629. The molecule has 6 aliphatic rings. The highest BCUT2D eigenvalue weighted by atomic mass is 31.3. The second-order valence-electron chi connectivity index (χ2n) is 21.5. The summed E-state index contributed by atoms with van der Waals surface area (Å²) in [7, 11) is -15.5. The monoisotopic (exact) mass is 1140 g/mol. The van der Waals surface area contributed by atoms with Gasteiger partial charge in [-0.3, -0.25) is 27.9 Å². The predicted molar refractivity (Wildman–Crippen MR) is 272 cm³/mol. The molecule has 20 unspecified atom stereocenters. The summed E-state index contributed by atoms with van der Waals surface area (Å²) in [6, 6.07) is 0.955. The minimum Gasteiger partial charge on any atom is -0.390 e. The molecule has 7 N–H and O–H groups in total. The normalized spacial score (nSPS) is 40.7. The van der Waals surface area contributed by atoms with Crippen molar-refractivity contribution in [2.24, 2.45) is 5.92 Å². The molecule has 0 amide bonds. The number of phosphoric acid groups is 3. The Bertz CT molecular complexity index is 2550. The van der Waals surface area contributed by atoms with E-state index in [-0.39, 0.29) is 42.5 Å². The Morgan fingerprint density at radius 3 is 2.20 bits per heavy atom. The Labute approximate surface area is 442 Å². The summed E-state index contributed by atoms with van der Waals surface area (Å²) >= 11 is 0. The van der Waals surface area contributed by atoms with Gasteiger partial charge in [0.15, 0.2) is 6.23 Å². The van der Waals surface area contributed by atoms with Crippen molar-refractivity contribution in [1.82, 2.24) is 9.55 Å². The number of allylic oxidation sites excluding steroid dienone is 6. The summed E-state index contributed by atoms with van der Waals surface area (Å²) in [5.74, 6) is 0.0995. The molecular formula is C49H77N2O22P3. The lowest BCUT2D eigenvalue weighted by Gasteiger charge is -2.49. The molecular weight excluding hydrogens is 1060 g/mol. The summed E-state index contributed by atoms with van der Waals surface area (Å²) in [5.41, 5.74) is -2.77. The first-order valence-electron chi connectivity index (χ1n) is 25.8. The van der Waals surface area contributed by atoms with Gasteiger partial charge in [-0.15, -0.1) is 0 Å². The van der Waals surface area contributed by atoms with Gasteiger partial charge >= 0.3 is 29.2 Å². The third kappa shape index (κ3) is 14.8. The molecule has 0 saturated carbocycles. The van der Waals surface area contributed by atoms with Crippen LogP contribution in [0.4, 0.5) is 0 Å². The highest BCUT2D eigenvalue weighted by Gasteiger charge is 2.59. The third-order valence-electron chi connectivity index (χ3n) is 15.7. The van der Waals surface area contributed by atoms with Crippen molar-refractivity contribution < 1.29 is 94.5 Å². The molecule has 1 aromatic heterocycles. The molecule has 6 fully saturated rings. The van der Waals surface area contributed by atoms with Crippen LogP contribution >= 0.6 is 23.5 Å². The highest BCUT2D eigenvalue weighted by molar-refractivity contribution is 7.67. The van der Waals surface area contributed by atoms with Crippen LogP contribution in [-0.2, 0) is 64.3 Å². The van der Waals surface area contributed by atoms with Crippen LogP contribution in [0.5, 0.6) is 0 Å². The smallest absolute Gasteiger partial charge is 0.390 e. The number of aliphatic hydroxyl groups is 4. The summed E-state index contributed by atoms with van der Waals surface area (Å²) in [6.07, 6.45) is 6.64. The standard InChI is InChI=1S/C49H77N2O22P3/c1-9-10-11-12-16-38-47(5,57)21-17-34-35(66-38)18-22-48(6)40(67-34)26-36-44(71-48)32(52)27-49(7)39(68-36)25-31(4)33(70-49)15-13-14-29(2)30(3)20-24-64-74(58,59)72-76(62,63-8)73-75(60,61)65-28-37-42(54)43(55)45(69-37)51-23-19-41(53)50-46(51)56/h9-11,14,19-20,23,31-40,42-45,52,54-55,57H,1,12-13,15-18,21-22,24-28H2,2-8H3,(H,58,59)(H,60,61)(H,50,53,56)/b11-10-,29-14+,30-20+. The summed E-state index contributed by atoms with van der Waals surface area (Å²) in [4.78, 5) is 46.2. The molecule has 0 aliphatic carbocycles. The van der Waals surface area contributed by atoms with Gasteiger partial charge in [0.05, 0.1) is 78.8 Å². The van der Waals surface area contributed by atoms with Crippen molar-refractivity contribution in [2.75, 3.05) is 20.3 Å². The van der Waals surface area contributed by atoms with E-state index in [4.69, 9.17) is 37.5 Å². The number of nitrogens with one attached hydrogen (secondary N) is 1. The van der Waals surface area contributed by atoms with Crippen LogP contribution in [0.25, 0.3) is 0 Å². The molecule has 27 heteroatoms. The van der Waals surface area contributed by atoms with Crippen LogP contribution in [0.3, 0.4) is 0 Å². The van der Waals surface area contributed by atoms with Crippen molar-refractivity contribution in [2.45, 2.75) is 208 Å². The second-order valence-corrected chi connectivity index (χ2v) is 26.4. The zero-order chi connectivity index (χ0) is 55.6. The van der Waals surface area contributed by atoms with Gasteiger partial charge in [-0.1, -0.05) is 55.0 Å². The molecule has 0 spiro atoms. The van der Waals surface area contributed by atoms with Crippen LogP contribution in [0.2, 0.25) is 0 Å². The number of aromatic amines is 1. The zero-order valence-corrected chi connectivity index (χ0v) is 46.7. The fourth-order valence-corrected chi connectivity index (χ4v) is 15.0. The maximum absolute atomic E-state index is 13.1. The lowest BCUT2D eigenvalue weighted by atomic mass is 9.79. The van der Waals surface area contributed by atoms with Gasteiger partial charge in [-0.25, -0.2) is 18.5 Å². The fraction of sp³-hybridized carbons (Fsp3) is 0.755. The Balaban J connectivity index is 0.879. The van der Waals surface area contributed by atoms with Gasteiger partial charge in [0.1, 0.15) is 24.4 Å². The number of phosphoric ester groups is 2. The summed E-state index contributed by atoms with van der Waals surface area (Å²) in [5, 5.41) is 44.2. The first-order chi connectivity index (χ1) is 35.6. The number of H-pyrrole nitrogens is 1. The Morgan fingerprint density at radius 1 is 0.842 bits per heavy atom. The zero-order valence-electron chi connectivity index (χ0n) is 44.0. The number of hydrogen-bond acceptors (Lipinski definition) is 20. The van der Waals surface area contributed by atoms with Crippen molar-refractivity contribution in [3.8, 4) is 0 Å². The van der Waals surface area contributed by atoms with Gasteiger partial charge < -0.3 is 58.6 Å². The van der Waals surface area contributed by atoms with E-state index in [0.29, 0.717) is 76.9 Å². The van der Waals surface area contributed by atoms with E-state index in [1.807, 2.05) is 44.0 Å². The van der Waals surface area contributed by atoms with Gasteiger partial charge in [0.25, 0.3) is 5.56 Å². The van der Waals surface area contributed by atoms with E-state index in [1.54, 1.807) is 13.0 Å². The number of hydrogen-bond donors (Lipinski definition) is 7. The van der Waals surface area contributed by atoms with Crippen molar-refractivity contribution >= 4 is 23.5 Å². The van der Waals surface area contributed by atoms with Crippen molar-refractivity contribution in [3.63, 3.8) is 0 Å². The van der Waals surface area contributed by atoms with Gasteiger partial charge in [-0.2, -0.15) is 8.62 Å². The van der Waals surface area contributed by atoms with Crippen molar-refractivity contribution in [3.05, 3.63) is 81.2 Å². The average molecular weight is 1140 g/mol. The molecule has 6 aliphatic heterocycles. The molecule has 76 heavy (non-hydrogen) atoms. The van der Waals surface area contributed by atoms with Gasteiger partial charge in [-0.05, 0) is 98.3 Å². The molecule has 1 aromatic rings. The molecule has 7 heterocycles. The Kier molecular flexibility index (Phi) is 20.0. The van der Waals surface area contributed by atoms with E-state index in [2.05, 4.69) is 33.6 Å². The fourth-order valence-electron chi connectivity index (χ4n) is 11.1. The minimum atomic E-state index is -5.50. The molecule has 0 radical (unpaired) electrons. The van der Waals surface area contributed by atoms with Crippen LogP contribution in [0, 0.1) is 5.92 Å². The van der Waals surface area contributed by atoms with Gasteiger partial charge in [0, 0.05) is 32.2 Å². The number of aliphatic hydroxyl groups excluding tert-OH is 3. The third-order valence-corrected chi connectivity index (χ3v) is 20.4. The predicted octanol–water partition coefficient (Wildman–Crippen LogP) is 5.47. The summed E-state index contributed by atoms with van der Waals surface area (Å²) in [6.45, 7) is 13.8. The number of nitrogens with zero attached hydrogens (tertiary/aromatic N) is 1. The molecule has 6 saturated heterocycles. The van der Waals surface area contributed by atoms with Crippen LogP contribution in [0.15, 0.2) is 70.0 Å². The molecule has 0 bridgehead atoms. The Morgan fingerprint density at radius 2 is 1.50 bits per heavy atom.